The molecule has 1 aliphatic carbocycles. The third kappa shape index (κ3) is 4.14. The highest BCUT2D eigenvalue weighted by atomic mass is 32.2. The normalized spacial score (nSPS) is 14.6. The van der Waals surface area contributed by atoms with Crippen molar-refractivity contribution in [1.82, 2.24) is 0 Å². The molecule has 0 unspecified atom stereocenters. The third-order valence-corrected chi connectivity index (χ3v) is 5.05. The molecule has 6 heteroatoms. The van der Waals surface area contributed by atoms with Crippen LogP contribution >= 0.6 is 0 Å². The molecule has 0 aromatic heterocycles. The molecule has 0 bridgehead atoms. The van der Waals surface area contributed by atoms with Crippen LogP contribution in [0.1, 0.15) is 41.6 Å². The van der Waals surface area contributed by atoms with Gasteiger partial charge in [0.1, 0.15) is 0 Å². The fourth-order valence-electron chi connectivity index (χ4n) is 3.34. The Hall–Kier alpha value is -2.60. The molecule has 0 saturated heterocycles. The van der Waals surface area contributed by atoms with Gasteiger partial charge in [-0.2, -0.15) is 0 Å². The Bertz CT molecular complexity index is 961. The zero-order valence-corrected chi connectivity index (χ0v) is 15.5. The number of hydrogen-bond donors (Lipinski definition) is 2. The van der Waals surface area contributed by atoms with Crippen LogP contribution < -0.4 is 10.5 Å². The molecule has 136 valence electrons. The van der Waals surface area contributed by atoms with E-state index in [2.05, 4.69) is 10.8 Å². The van der Waals surface area contributed by atoms with Crippen molar-refractivity contribution >= 4 is 27.2 Å². The van der Waals surface area contributed by atoms with Crippen LogP contribution in [-0.4, -0.2) is 20.6 Å². The van der Waals surface area contributed by atoms with Crippen LogP contribution in [0.2, 0.25) is 0 Å². The van der Waals surface area contributed by atoms with Gasteiger partial charge in [-0.15, -0.1) is 0 Å². The summed E-state index contributed by atoms with van der Waals surface area (Å²) in [5.41, 5.74) is 10.3. The summed E-state index contributed by atoms with van der Waals surface area (Å²) in [6, 6.07) is 12.7. The van der Waals surface area contributed by atoms with Crippen molar-refractivity contribution in [3.63, 3.8) is 0 Å². The van der Waals surface area contributed by atoms with E-state index >= 15 is 0 Å². The Labute approximate surface area is 154 Å². The van der Waals surface area contributed by atoms with E-state index in [1.165, 1.54) is 12.0 Å². The Morgan fingerprint density at radius 1 is 1.04 bits per heavy atom. The van der Waals surface area contributed by atoms with Crippen molar-refractivity contribution in [2.75, 3.05) is 11.0 Å². The van der Waals surface area contributed by atoms with Crippen LogP contribution in [-0.2, 0) is 10.0 Å². The SMILES string of the molecule is CS(=O)(=O)Nc1ccc(-c2cccc(C3=CCCCC3)c2C(N)=O)cc1. The average molecular weight is 370 g/mol. The van der Waals surface area contributed by atoms with E-state index in [1.54, 1.807) is 24.3 Å². The molecule has 5 nitrogen and oxygen atoms in total. The molecular weight excluding hydrogens is 348 g/mol. The molecule has 0 heterocycles. The molecular formula is C20H22N2O3S. The molecule has 1 amide bonds. The van der Waals surface area contributed by atoms with E-state index in [-0.39, 0.29) is 0 Å². The predicted molar refractivity (Wildman–Crippen MR) is 105 cm³/mol. The summed E-state index contributed by atoms with van der Waals surface area (Å²) >= 11 is 0. The van der Waals surface area contributed by atoms with E-state index < -0.39 is 15.9 Å². The predicted octanol–water partition coefficient (Wildman–Crippen LogP) is 3.78. The zero-order valence-electron chi connectivity index (χ0n) is 14.7. The number of anilines is 1. The number of hydrogen-bond acceptors (Lipinski definition) is 3. The highest BCUT2D eigenvalue weighted by molar-refractivity contribution is 7.92. The second-order valence-corrected chi connectivity index (χ2v) is 8.27. The fraction of sp³-hybridized carbons (Fsp3) is 0.250. The monoisotopic (exact) mass is 370 g/mol. The molecule has 0 radical (unpaired) electrons. The van der Waals surface area contributed by atoms with Gasteiger partial charge in [0.05, 0.1) is 11.8 Å². The number of carbonyl (C=O) groups is 1. The van der Waals surface area contributed by atoms with Crippen LogP contribution in [0.5, 0.6) is 0 Å². The summed E-state index contributed by atoms with van der Waals surface area (Å²) in [6.07, 6.45) is 7.54. The lowest BCUT2D eigenvalue weighted by molar-refractivity contribution is 0.100. The van der Waals surface area contributed by atoms with Gasteiger partial charge in [-0.05, 0) is 60.1 Å². The van der Waals surface area contributed by atoms with Crippen molar-refractivity contribution < 1.29 is 13.2 Å². The van der Waals surface area contributed by atoms with E-state index in [9.17, 15) is 13.2 Å². The molecule has 3 N–H and O–H groups in total. The number of nitrogens with one attached hydrogen (secondary N) is 1. The van der Waals surface area contributed by atoms with Crippen LogP contribution in [0.15, 0.2) is 48.5 Å². The molecule has 0 spiro atoms. The molecule has 2 aromatic rings. The summed E-state index contributed by atoms with van der Waals surface area (Å²) in [4.78, 5) is 12.2. The number of nitrogens with two attached hydrogens (primary N) is 1. The maximum atomic E-state index is 12.2. The number of rotatable bonds is 5. The van der Waals surface area contributed by atoms with E-state index in [4.69, 9.17) is 5.73 Å². The summed E-state index contributed by atoms with van der Waals surface area (Å²) in [5.74, 6) is -0.458. The van der Waals surface area contributed by atoms with Crippen molar-refractivity contribution in [2.24, 2.45) is 5.73 Å². The van der Waals surface area contributed by atoms with Gasteiger partial charge in [0.15, 0.2) is 0 Å². The lowest BCUT2D eigenvalue weighted by Gasteiger charge is -2.18. The summed E-state index contributed by atoms with van der Waals surface area (Å²) in [7, 11) is -3.33. The zero-order chi connectivity index (χ0) is 18.7. The molecule has 26 heavy (non-hydrogen) atoms. The Kier molecular flexibility index (Phi) is 5.13. The molecule has 0 atom stereocenters. The van der Waals surface area contributed by atoms with E-state index in [0.29, 0.717) is 11.3 Å². The quantitative estimate of drug-likeness (QED) is 0.839. The summed E-state index contributed by atoms with van der Waals surface area (Å²) < 4.78 is 25.1. The second kappa shape index (κ2) is 7.33. The highest BCUT2D eigenvalue weighted by Crippen LogP contribution is 2.34. The first-order valence-corrected chi connectivity index (χ1v) is 10.4. The largest absolute Gasteiger partial charge is 0.366 e. The number of benzene rings is 2. The number of sulfonamides is 1. The Balaban J connectivity index is 2.05. The van der Waals surface area contributed by atoms with Crippen molar-refractivity contribution in [2.45, 2.75) is 25.7 Å². The number of amides is 1. The van der Waals surface area contributed by atoms with Crippen LogP contribution in [0.25, 0.3) is 16.7 Å². The lowest BCUT2D eigenvalue weighted by Crippen LogP contribution is -2.15. The number of primary amides is 1. The number of carbonyl (C=O) groups excluding carboxylic acids is 1. The topological polar surface area (TPSA) is 89.3 Å². The maximum Gasteiger partial charge on any atom is 0.249 e. The fourth-order valence-corrected chi connectivity index (χ4v) is 3.90. The standard InChI is InChI=1S/C20H22N2O3S/c1-26(24,25)22-16-12-10-15(11-13-16)18-9-5-8-17(19(18)20(21)23)14-6-3-2-4-7-14/h5-6,8-13,22H,2-4,7H2,1H3,(H2,21,23). The van der Waals surface area contributed by atoms with Crippen LogP contribution in [0.4, 0.5) is 5.69 Å². The molecule has 0 aliphatic heterocycles. The van der Waals surface area contributed by atoms with Gasteiger partial charge in [0, 0.05) is 5.69 Å². The van der Waals surface area contributed by atoms with E-state index in [0.717, 1.165) is 42.2 Å². The van der Waals surface area contributed by atoms with Crippen molar-refractivity contribution in [3.05, 3.63) is 59.7 Å². The van der Waals surface area contributed by atoms with Gasteiger partial charge in [-0.1, -0.05) is 36.4 Å². The van der Waals surface area contributed by atoms with Crippen LogP contribution in [0, 0.1) is 0 Å². The molecule has 1 aliphatic rings. The highest BCUT2D eigenvalue weighted by Gasteiger charge is 2.18. The lowest BCUT2D eigenvalue weighted by atomic mass is 9.87. The Morgan fingerprint density at radius 3 is 2.31 bits per heavy atom. The van der Waals surface area contributed by atoms with Crippen molar-refractivity contribution in [3.8, 4) is 11.1 Å². The molecule has 2 aromatic carbocycles. The molecule has 3 rings (SSSR count). The molecule has 0 saturated carbocycles. The first kappa shape index (κ1) is 18.2. The van der Waals surface area contributed by atoms with Gasteiger partial charge in [0.2, 0.25) is 15.9 Å². The third-order valence-electron chi connectivity index (χ3n) is 4.45. The summed E-state index contributed by atoms with van der Waals surface area (Å²) in [6.45, 7) is 0. The minimum absolute atomic E-state index is 0.458. The van der Waals surface area contributed by atoms with Gasteiger partial charge in [0.25, 0.3) is 0 Å². The van der Waals surface area contributed by atoms with Gasteiger partial charge in [-0.3, -0.25) is 9.52 Å². The first-order chi connectivity index (χ1) is 12.3. The van der Waals surface area contributed by atoms with Crippen molar-refractivity contribution in [1.29, 1.82) is 0 Å². The second-order valence-electron chi connectivity index (χ2n) is 6.52. The van der Waals surface area contributed by atoms with Crippen LogP contribution in [0.3, 0.4) is 0 Å². The van der Waals surface area contributed by atoms with E-state index in [1.807, 2.05) is 18.2 Å². The maximum absolute atomic E-state index is 12.2. The Morgan fingerprint density at radius 2 is 1.73 bits per heavy atom. The number of allylic oxidation sites excluding steroid dienone is 2. The smallest absolute Gasteiger partial charge is 0.249 e. The van der Waals surface area contributed by atoms with Gasteiger partial charge < -0.3 is 5.73 Å². The average Bonchev–Trinajstić information content (AvgIpc) is 2.61. The minimum atomic E-state index is -3.33. The first-order valence-electron chi connectivity index (χ1n) is 8.55. The summed E-state index contributed by atoms with van der Waals surface area (Å²) in [5, 5.41) is 0. The van der Waals surface area contributed by atoms with Gasteiger partial charge in [-0.25, -0.2) is 8.42 Å². The van der Waals surface area contributed by atoms with Gasteiger partial charge >= 0.3 is 0 Å². The molecule has 0 fully saturated rings. The minimum Gasteiger partial charge on any atom is -0.366 e.